The summed E-state index contributed by atoms with van der Waals surface area (Å²) < 4.78 is 64.0. The molecule has 3 N–H and O–H groups in total. The maximum Gasteiger partial charge on any atom is 0.220 e. The average molecular weight is 1240 g/mol. The molecule has 0 bridgehead atoms. The molecule has 0 unspecified atom stereocenters. The third kappa shape index (κ3) is 12.8. The van der Waals surface area contributed by atoms with Gasteiger partial charge >= 0.3 is 0 Å². The normalized spacial score (nSPS) is 10.8. The summed E-state index contributed by atoms with van der Waals surface area (Å²) in [6.07, 6.45) is 10.5. The van der Waals surface area contributed by atoms with Gasteiger partial charge in [0.05, 0.1) is 64.9 Å². The third-order valence-corrected chi connectivity index (χ3v) is 15.9. The molecule has 0 spiro atoms. The van der Waals surface area contributed by atoms with Crippen molar-refractivity contribution in [2.45, 2.75) is 6.54 Å². The fourth-order valence-electron chi connectivity index (χ4n) is 8.83. The fourth-order valence-corrected chi connectivity index (χ4v) is 11.9. The monoisotopic (exact) mass is 1230 g/mol. The first-order valence-corrected chi connectivity index (χ1v) is 28.4. The minimum Gasteiger partial charge on any atom is -0.438 e. The van der Waals surface area contributed by atoms with Crippen molar-refractivity contribution in [2.75, 3.05) is 0 Å². The number of nitrogens with two attached hydrogens (primary N) is 1. The number of halogens is 5. The van der Waals surface area contributed by atoms with E-state index in [1.165, 1.54) is 70.4 Å². The highest BCUT2D eigenvalue weighted by Gasteiger charge is 2.16. The highest BCUT2D eigenvalue weighted by molar-refractivity contribution is 7.22. The number of nitrogens with one attached hydrogen (secondary N) is 1. The van der Waals surface area contributed by atoms with Gasteiger partial charge in [-0.15, -0.1) is 23.7 Å². The van der Waals surface area contributed by atoms with Gasteiger partial charge in [-0.3, -0.25) is 9.13 Å². The summed E-state index contributed by atoms with van der Waals surface area (Å²) in [6.45, 7) is 0.428. The molecule has 0 saturated heterocycles. The van der Waals surface area contributed by atoms with Crippen molar-refractivity contribution in [1.82, 2.24) is 44.0 Å². The quantitative estimate of drug-likeness (QED) is 0.139. The molecular weight excluding hydrogens is 1200 g/mol. The van der Waals surface area contributed by atoms with Crippen molar-refractivity contribution in [3.8, 4) is 57.3 Å². The number of aromatic nitrogens is 9. The van der Waals surface area contributed by atoms with E-state index in [0.717, 1.165) is 84.9 Å². The van der Waals surface area contributed by atoms with Crippen LogP contribution in [0.25, 0.3) is 73.6 Å². The SMILES string of the molecule is Cl.Fc1ccc2nc(Cl)sc2c1.N#Cc1ccnc(Oc2cccc3[nH]ccc23)c1.N#Cc1ccnc(Oc2cccc3c2ccn3-c2nc3ccc(F)cc3s2)c1.NCc1ccnc(Oc2cccc3c2ccn3-c2nc3ccc(F)cc3s2)c1. The number of benzene rings is 6. The van der Waals surface area contributed by atoms with Crippen LogP contribution in [0.1, 0.15) is 16.7 Å². The zero-order valence-corrected chi connectivity index (χ0v) is 48.2. The Morgan fingerprint density at radius 1 is 0.512 bits per heavy atom. The molecule has 0 atom stereocenters. The molecule has 9 aromatic heterocycles. The number of thiazole rings is 3. The minimum atomic E-state index is -0.275. The van der Waals surface area contributed by atoms with Crippen LogP contribution in [0, 0.1) is 40.1 Å². The molecule has 0 aliphatic rings. The molecule has 6 aromatic carbocycles. The Morgan fingerprint density at radius 2 is 0.965 bits per heavy atom. The van der Waals surface area contributed by atoms with Crippen LogP contribution < -0.4 is 19.9 Å². The molecule has 0 saturated carbocycles. The molecule has 422 valence electrons. The maximum atomic E-state index is 13.5. The molecular formula is C63H39Cl2F3N12O3S3. The molecule has 0 amide bonds. The highest BCUT2D eigenvalue weighted by atomic mass is 35.5. The molecule has 0 aliphatic carbocycles. The van der Waals surface area contributed by atoms with E-state index in [2.05, 4.69) is 47.0 Å². The largest absolute Gasteiger partial charge is 0.438 e. The van der Waals surface area contributed by atoms with Crippen molar-refractivity contribution in [3.63, 3.8) is 0 Å². The number of rotatable bonds is 9. The summed E-state index contributed by atoms with van der Waals surface area (Å²) >= 11 is 9.77. The summed E-state index contributed by atoms with van der Waals surface area (Å²) in [6, 6.07) is 51.1. The van der Waals surface area contributed by atoms with Crippen LogP contribution in [0.3, 0.4) is 0 Å². The first-order valence-electron chi connectivity index (χ1n) is 25.6. The fraction of sp³-hybridized carbons (Fsp3) is 0.0159. The van der Waals surface area contributed by atoms with Crippen LogP contribution in [0.15, 0.2) is 201 Å². The Labute approximate surface area is 509 Å². The standard InChI is InChI=1S/C21H15FN4OS.C21H11FN4OS.C14H9N3O.C7H3ClFNS.ClH/c2*22-14-4-5-16-19(11-14)28-21(25-16)26-9-7-15-17(26)2-1-3-18(15)27-20-10-13(12-23)6-8-24-20;15-9-10-4-6-17-14(8-10)18-13-3-1-2-12-11(13)5-7-16-12;8-7-10-5-2-1-4(9)3-6(5)11-7;/h1-11H,12,23H2;1-11H;1-8,16H;1-3H;1H. The molecule has 15 rings (SSSR count). The molecule has 0 aliphatic heterocycles. The lowest BCUT2D eigenvalue weighted by atomic mass is 10.2. The van der Waals surface area contributed by atoms with E-state index in [1.54, 1.807) is 61.1 Å². The first kappa shape index (κ1) is 57.6. The highest BCUT2D eigenvalue weighted by Crippen LogP contribution is 2.37. The number of nitriles is 2. The van der Waals surface area contributed by atoms with E-state index in [0.29, 0.717) is 51.3 Å². The van der Waals surface area contributed by atoms with Gasteiger partial charge in [0.15, 0.2) is 14.7 Å². The molecule has 23 heteroatoms. The average Bonchev–Trinajstić information content (AvgIpc) is 2.59. The van der Waals surface area contributed by atoms with Gasteiger partial charge in [0.2, 0.25) is 17.6 Å². The molecule has 15 aromatic rings. The Bertz CT molecular complexity index is 5030. The van der Waals surface area contributed by atoms with Crippen LogP contribution in [0.2, 0.25) is 4.47 Å². The molecule has 86 heavy (non-hydrogen) atoms. The number of ether oxygens (including phenoxy) is 3. The summed E-state index contributed by atoms with van der Waals surface area (Å²) in [5.41, 5.74) is 12.8. The summed E-state index contributed by atoms with van der Waals surface area (Å²) in [7, 11) is 0. The van der Waals surface area contributed by atoms with Crippen molar-refractivity contribution in [3.05, 3.63) is 240 Å². The number of pyridine rings is 3. The summed E-state index contributed by atoms with van der Waals surface area (Å²) in [5.74, 6) is 2.53. The molecule has 15 nitrogen and oxygen atoms in total. The van der Waals surface area contributed by atoms with Crippen LogP contribution in [0.5, 0.6) is 34.9 Å². The third-order valence-electron chi connectivity index (χ3n) is 12.8. The summed E-state index contributed by atoms with van der Waals surface area (Å²) in [4.78, 5) is 28.8. The van der Waals surface area contributed by atoms with Crippen LogP contribution >= 0.6 is 58.0 Å². The smallest absolute Gasteiger partial charge is 0.220 e. The van der Waals surface area contributed by atoms with Crippen molar-refractivity contribution in [1.29, 1.82) is 10.5 Å². The zero-order valence-electron chi connectivity index (χ0n) is 44.2. The van der Waals surface area contributed by atoms with E-state index >= 15 is 0 Å². The van der Waals surface area contributed by atoms with E-state index in [-0.39, 0.29) is 29.9 Å². The zero-order chi connectivity index (χ0) is 58.4. The van der Waals surface area contributed by atoms with Gasteiger partial charge in [0.1, 0.15) is 34.7 Å². The van der Waals surface area contributed by atoms with Crippen LogP contribution in [0.4, 0.5) is 13.2 Å². The Hall–Kier alpha value is -10.2. The second kappa shape index (κ2) is 25.7. The Kier molecular flexibility index (Phi) is 17.2. The van der Waals surface area contributed by atoms with Crippen LogP contribution in [-0.4, -0.2) is 44.0 Å². The second-order valence-electron chi connectivity index (χ2n) is 18.2. The lowest BCUT2D eigenvalue weighted by molar-refractivity contribution is 0.467. The van der Waals surface area contributed by atoms with Crippen molar-refractivity contribution >= 4 is 121 Å². The number of hydrogen-bond acceptors (Lipinski definition) is 15. The number of H-pyrrole nitrogens is 1. The number of hydrogen-bond donors (Lipinski definition) is 2. The number of aromatic amines is 1. The summed E-state index contributed by atoms with van der Waals surface area (Å²) in [5, 5.41) is 22.2. The van der Waals surface area contributed by atoms with E-state index in [4.69, 9.17) is 42.1 Å². The van der Waals surface area contributed by atoms with E-state index < -0.39 is 0 Å². The number of nitrogens with zero attached hydrogens (tertiary/aromatic N) is 10. The molecule has 0 fully saturated rings. The maximum absolute atomic E-state index is 13.5. The molecule has 9 heterocycles. The molecule has 0 radical (unpaired) electrons. The van der Waals surface area contributed by atoms with E-state index in [1.807, 2.05) is 113 Å². The predicted octanol–water partition coefficient (Wildman–Crippen LogP) is 17.2. The predicted molar refractivity (Wildman–Crippen MR) is 333 cm³/mol. The lowest BCUT2D eigenvalue weighted by Gasteiger charge is -2.08. The van der Waals surface area contributed by atoms with Crippen molar-refractivity contribution in [2.24, 2.45) is 5.73 Å². The Balaban J connectivity index is 0.000000125. The van der Waals surface area contributed by atoms with Crippen LogP contribution in [-0.2, 0) is 6.54 Å². The lowest BCUT2D eigenvalue weighted by Crippen LogP contribution is -1.97. The second-order valence-corrected chi connectivity index (χ2v) is 21.9. The van der Waals surface area contributed by atoms with Gasteiger partial charge in [0, 0.05) is 83.6 Å². The number of fused-ring (bicyclic) bond motifs is 6. The first-order chi connectivity index (χ1) is 41.5. The van der Waals surface area contributed by atoms with Gasteiger partial charge in [-0.25, -0.2) is 43.1 Å². The van der Waals surface area contributed by atoms with Gasteiger partial charge in [0.25, 0.3) is 0 Å². The van der Waals surface area contributed by atoms with Gasteiger partial charge < -0.3 is 24.9 Å². The van der Waals surface area contributed by atoms with E-state index in [9.17, 15) is 13.2 Å². The minimum absolute atomic E-state index is 0. The Morgan fingerprint density at radius 3 is 1.47 bits per heavy atom. The van der Waals surface area contributed by atoms with Gasteiger partial charge in [-0.05, 0) is 133 Å². The van der Waals surface area contributed by atoms with Crippen molar-refractivity contribution < 1.29 is 27.4 Å². The topological polar surface area (TPSA) is 204 Å². The van der Waals surface area contributed by atoms with Gasteiger partial charge in [-0.1, -0.05) is 52.5 Å². The van der Waals surface area contributed by atoms with Gasteiger partial charge in [-0.2, -0.15) is 10.5 Å².